The zero-order valence-corrected chi connectivity index (χ0v) is 11.9. The maximum Gasteiger partial charge on any atom is 0.0446 e. The van der Waals surface area contributed by atoms with Crippen molar-refractivity contribution in [3.8, 4) is 0 Å². The molecular weight excluding hydrogens is 262 g/mol. The van der Waals surface area contributed by atoms with E-state index in [9.17, 15) is 0 Å². The third-order valence-corrected chi connectivity index (χ3v) is 4.31. The van der Waals surface area contributed by atoms with Gasteiger partial charge in [-0.2, -0.15) is 0 Å². The molecule has 2 aromatic rings. The van der Waals surface area contributed by atoms with E-state index in [1.807, 2.05) is 18.2 Å². The van der Waals surface area contributed by atoms with Crippen LogP contribution in [0.1, 0.15) is 16.7 Å². The third-order valence-electron chi connectivity index (χ3n) is 2.78. The molecule has 0 aromatic heterocycles. The summed E-state index contributed by atoms with van der Waals surface area (Å²) in [5.74, 6) is 0.871. The summed E-state index contributed by atoms with van der Waals surface area (Å²) in [4.78, 5) is 1.24. The fourth-order valence-corrected chi connectivity index (χ4v) is 3.12. The fourth-order valence-electron chi connectivity index (χ4n) is 1.78. The van der Waals surface area contributed by atoms with Gasteiger partial charge in [0, 0.05) is 22.2 Å². The standard InChI is InChI=1S/C15H16ClNS/c1-11-6-7-15(13(8-11)9-17)18-10-12-4-2-3-5-14(12)16/h2-8H,9-10,17H2,1H3. The summed E-state index contributed by atoms with van der Waals surface area (Å²) in [6, 6.07) is 14.4. The fraction of sp³-hybridized carbons (Fsp3) is 0.200. The number of thioether (sulfide) groups is 1. The molecule has 0 amide bonds. The summed E-state index contributed by atoms with van der Waals surface area (Å²) in [6.07, 6.45) is 0. The maximum atomic E-state index is 6.15. The molecule has 0 heterocycles. The van der Waals surface area contributed by atoms with Crippen molar-refractivity contribution in [3.63, 3.8) is 0 Å². The van der Waals surface area contributed by atoms with Crippen LogP contribution in [0.25, 0.3) is 0 Å². The van der Waals surface area contributed by atoms with Gasteiger partial charge in [0.2, 0.25) is 0 Å². The van der Waals surface area contributed by atoms with Crippen molar-refractivity contribution in [2.24, 2.45) is 5.73 Å². The molecule has 0 spiro atoms. The van der Waals surface area contributed by atoms with Gasteiger partial charge < -0.3 is 5.73 Å². The second-order valence-corrected chi connectivity index (χ2v) is 5.62. The molecule has 0 aliphatic rings. The van der Waals surface area contributed by atoms with Crippen molar-refractivity contribution in [1.82, 2.24) is 0 Å². The number of hydrogen-bond donors (Lipinski definition) is 1. The second kappa shape index (κ2) is 6.28. The van der Waals surface area contributed by atoms with E-state index >= 15 is 0 Å². The molecule has 0 radical (unpaired) electrons. The molecule has 2 N–H and O–H groups in total. The monoisotopic (exact) mass is 277 g/mol. The minimum Gasteiger partial charge on any atom is -0.326 e. The minimum atomic E-state index is 0.576. The summed E-state index contributed by atoms with van der Waals surface area (Å²) >= 11 is 7.93. The van der Waals surface area contributed by atoms with Crippen molar-refractivity contribution in [2.75, 3.05) is 0 Å². The van der Waals surface area contributed by atoms with Gasteiger partial charge in [-0.05, 0) is 30.2 Å². The summed E-state index contributed by atoms with van der Waals surface area (Å²) in [5, 5.41) is 0.825. The molecule has 94 valence electrons. The average molecular weight is 278 g/mol. The first-order valence-corrected chi connectivity index (χ1v) is 7.23. The lowest BCUT2D eigenvalue weighted by atomic mass is 10.1. The van der Waals surface area contributed by atoms with Gasteiger partial charge in [0.15, 0.2) is 0 Å². The minimum absolute atomic E-state index is 0.576. The molecule has 0 saturated heterocycles. The number of benzene rings is 2. The van der Waals surface area contributed by atoms with Crippen LogP contribution < -0.4 is 5.73 Å². The van der Waals surface area contributed by atoms with Crippen molar-refractivity contribution in [3.05, 3.63) is 64.2 Å². The zero-order chi connectivity index (χ0) is 13.0. The maximum absolute atomic E-state index is 6.15. The van der Waals surface area contributed by atoms with Gasteiger partial charge in [-0.1, -0.05) is 47.5 Å². The van der Waals surface area contributed by atoms with Crippen molar-refractivity contribution in [2.45, 2.75) is 24.1 Å². The third kappa shape index (κ3) is 3.29. The van der Waals surface area contributed by atoms with Crippen LogP contribution in [0.5, 0.6) is 0 Å². The van der Waals surface area contributed by atoms with Crippen molar-refractivity contribution in [1.29, 1.82) is 0 Å². The Morgan fingerprint density at radius 1 is 1.11 bits per heavy atom. The van der Waals surface area contributed by atoms with Crippen LogP contribution in [0.2, 0.25) is 5.02 Å². The smallest absolute Gasteiger partial charge is 0.0446 e. The first kappa shape index (κ1) is 13.5. The molecule has 18 heavy (non-hydrogen) atoms. The molecule has 0 unspecified atom stereocenters. The summed E-state index contributed by atoms with van der Waals surface area (Å²) < 4.78 is 0. The SMILES string of the molecule is Cc1ccc(SCc2ccccc2Cl)c(CN)c1. The Hall–Kier alpha value is -0.960. The molecule has 0 fully saturated rings. The lowest BCUT2D eigenvalue weighted by Crippen LogP contribution is -1.99. The Balaban J connectivity index is 2.13. The van der Waals surface area contributed by atoms with Gasteiger partial charge in [-0.15, -0.1) is 11.8 Å². The van der Waals surface area contributed by atoms with Gasteiger partial charge in [-0.3, -0.25) is 0 Å². The molecule has 1 nitrogen and oxygen atoms in total. The van der Waals surface area contributed by atoms with Gasteiger partial charge in [0.1, 0.15) is 0 Å². The number of aryl methyl sites for hydroxylation is 1. The first-order valence-electron chi connectivity index (χ1n) is 5.86. The molecule has 2 rings (SSSR count). The Morgan fingerprint density at radius 3 is 2.61 bits per heavy atom. The molecule has 0 atom stereocenters. The number of hydrogen-bond acceptors (Lipinski definition) is 2. The number of nitrogens with two attached hydrogens (primary N) is 1. The van der Waals surface area contributed by atoms with Gasteiger partial charge in [0.25, 0.3) is 0 Å². The molecule has 0 aliphatic carbocycles. The number of rotatable bonds is 4. The molecule has 2 aromatic carbocycles. The van der Waals surface area contributed by atoms with E-state index in [1.165, 1.54) is 16.0 Å². The highest BCUT2D eigenvalue weighted by atomic mass is 35.5. The van der Waals surface area contributed by atoms with Crippen LogP contribution in [0.3, 0.4) is 0 Å². The highest BCUT2D eigenvalue weighted by Crippen LogP contribution is 2.29. The predicted molar refractivity (Wildman–Crippen MR) is 80.1 cm³/mol. The Morgan fingerprint density at radius 2 is 1.89 bits per heavy atom. The highest BCUT2D eigenvalue weighted by molar-refractivity contribution is 7.98. The van der Waals surface area contributed by atoms with E-state index in [-0.39, 0.29) is 0 Å². The molecule has 0 bridgehead atoms. The largest absolute Gasteiger partial charge is 0.326 e. The van der Waals surface area contributed by atoms with Crippen LogP contribution in [-0.2, 0) is 12.3 Å². The van der Waals surface area contributed by atoms with Crippen LogP contribution in [-0.4, -0.2) is 0 Å². The lowest BCUT2D eigenvalue weighted by Gasteiger charge is -2.09. The Bertz CT molecular complexity index is 540. The Labute approximate surface area is 117 Å². The van der Waals surface area contributed by atoms with Crippen molar-refractivity contribution < 1.29 is 0 Å². The second-order valence-electron chi connectivity index (χ2n) is 4.20. The van der Waals surface area contributed by atoms with Crippen LogP contribution >= 0.6 is 23.4 Å². The van der Waals surface area contributed by atoms with E-state index in [0.717, 1.165) is 16.3 Å². The molecule has 0 aliphatic heterocycles. The summed E-state index contributed by atoms with van der Waals surface area (Å²) in [6.45, 7) is 2.66. The van der Waals surface area contributed by atoms with Crippen LogP contribution in [0.4, 0.5) is 0 Å². The topological polar surface area (TPSA) is 26.0 Å². The lowest BCUT2D eigenvalue weighted by molar-refractivity contribution is 1.02. The van der Waals surface area contributed by atoms with E-state index < -0.39 is 0 Å². The quantitative estimate of drug-likeness (QED) is 0.839. The van der Waals surface area contributed by atoms with Crippen molar-refractivity contribution >= 4 is 23.4 Å². The van der Waals surface area contributed by atoms with Gasteiger partial charge >= 0.3 is 0 Å². The normalized spacial score (nSPS) is 10.6. The summed E-state index contributed by atoms with van der Waals surface area (Å²) in [5.41, 5.74) is 9.39. The van der Waals surface area contributed by atoms with Gasteiger partial charge in [0.05, 0.1) is 0 Å². The van der Waals surface area contributed by atoms with Gasteiger partial charge in [-0.25, -0.2) is 0 Å². The molecule has 3 heteroatoms. The van der Waals surface area contributed by atoms with E-state index in [4.69, 9.17) is 17.3 Å². The first-order chi connectivity index (χ1) is 8.70. The van der Waals surface area contributed by atoms with E-state index in [1.54, 1.807) is 11.8 Å². The predicted octanol–water partition coefficient (Wildman–Crippen LogP) is 4.40. The summed E-state index contributed by atoms with van der Waals surface area (Å²) in [7, 11) is 0. The van der Waals surface area contributed by atoms with Crippen LogP contribution in [0.15, 0.2) is 47.4 Å². The zero-order valence-electron chi connectivity index (χ0n) is 10.3. The van der Waals surface area contributed by atoms with E-state index in [0.29, 0.717) is 6.54 Å². The Kier molecular flexibility index (Phi) is 4.70. The van der Waals surface area contributed by atoms with E-state index in [2.05, 4.69) is 31.2 Å². The average Bonchev–Trinajstić information content (AvgIpc) is 2.39. The molecular formula is C15H16ClNS. The van der Waals surface area contributed by atoms with Crippen LogP contribution in [0, 0.1) is 6.92 Å². The highest BCUT2D eigenvalue weighted by Gasteiger charge is 2.04. The number of halogens is 1. The molecule has 0 saturated carbocycles.